The first-order chi connectivity index (χ1) is 28.7. The third-order valence-electron chi connectivity index (χ3n) is 11.2. The highest BCUT2D eigenvalue weighted by Crippen LogP contribution is 2.42. The van der Waals surface area contributed by atoms with E-state index in [0.717, 1.165) is 55.6 Å². The first-order valence-corrected chi connectivity index (χ1v) is 20.2. The minimum Gasteiger partial charge on any atom is -0.292 e. The molecule has 0 fully saturated rings. The summed E-state index contributed by atoms with van der Waals surface area (Å²) >= 11 is 1.78. The summed E-state index contributed by atoms with van der Waals surface area (Å²) in [5.74, 6) is 2.84. The molecule has 0 spiro atoms. The summed E-state index contributed by atoms with van der Waals surface area (Å²) in [4.78, 5) is 20.8. The van der Waals surface area contributed by atoms with Gasteiger partial charge in [-0.1, -0.05) is 146 Å². The normalized spacial score (nSPS) is 11.8. The maximum absolute atomic E-state index is 5.29. The first-order valence-electron chi connectivity index (χ1n) is 19.4. The third-order valence-corrected chi connectivity index (χ3v) is 12.4. The van der Waals surface area contributed by atoms with Crippen molar-refractivity contribution in [2.24, 2.45) is 0 Å². The van der Waals surface area contributed by atoms with Crippen molar-refractivity contribution in [3.63, 3.8) is 0 Å². The molecule has 6 heteroatoms. The number of thiophene rings is 1. The highest BCUT2D eigenvalue weighted by Gasteiger charge is 2.20. The van der Waals surface area contributed by atoms with Crippen molar-refractivity contribution in [2.75, 3.05) is 0 Å². The second-order valence-electron chi connectivity index (χ2n) is 14.6. The number of fused-ring (bicyclic) bond motifs is 10. The Morgan fingerprint density at radius 3 is 1.71 bits per heavy atom. The van der Waals surface area contributed by atoms with Crippen molar-refractivity contribution >= 4 is 74.9 Å². The lowest BCUT2D eigenvalue weighted by atomic mass is 9.93. The number of hydrogen-bond donors (Lipinski definition) is 0. The summed E-state index contributed by atoms with van der Waals surface area (Å²) in [7, 11) is 0. The molecule has 12 aromatic rings. The molecule has 0 aliphatic carbocycles. The van der Waals surface area contributed by atoms with Crippen LogP contribution in [0, 0.1) is 0 Å². The Balaban J connectivity index is 1.05. The molecule has 0 aliphatic heterocycles. The Morgan fingerprint density at radius 2 is 0.948 bits per heavy atom. The average Bonchev–Trinajstić information content (AvgIpc) is 3.88. The van der Waals surface area contributed by atoms with Crippen LogP contribution in [0.1, 0.15) is 0 Å². The van der Waals surface area contributed by atoms with Crippen LogP contribution in [-0.2, 0) is 0 Å². The molecule has 0 saturated heterocycles. The van der Waals surface area contributed by atoms with E-state index in [4.69, 9.17) is 19.9 Å². The molecule has 0 amide bonds. The monoisotopic (exact) mass is 757 g/mol. The zero-order chi connectivity index (χ0) is 38.2. The van der Waals surface area contributed by atoms with E-state index in [1.54, 1.807) is 11.3 Å². The third kappa shape index (κ3) is 5.16. The minimum atomic E-state index is 0.640. The van der Waals surface area contributed by atoms with Gasteiger partial charge in [-0.25, -0.2) is 19.9 Å². The summed E-state index contributed by atoms with van der Waals surface area (Å²) in [5, 5.41) is 9.63. The smallest absolute Gasteiger partial charge is 0.164 e. The Morgan fingerprint density at radius 1 is 0.362 bits per heavy atom. The van der Waals surface area contributed by atoms with Crippen LogP contribution in [0.3, 0.4) is 0 Å². The summed E-state index contributed by atoms with van der Waals surface area (Å²) in [6.45, 7) is 0. The van der Waals surface area contributed by atoms with E-state index < -0.39 is 0 Å². The molecule has 0 N–H and O–H groups in total. The van der Waals surface area contributed by atoms with E-state index in [9.17, 15) is 0 Å². The average molecular weight is 758 g/mol. The summed E-state index contributed by atoms with van der Waals surface area (Å²) in [6, 6.07) is 66.1. The van der Waals surface area contributed by atoms with Crippen molar-refractivity contribution in [3.05, 3.63) is 188 Å². The van der Waals surface area contributed by atoms with Crippen molar-refractivity contribution < 1.29 is 0 Å². The van der Waals surface area contributed by atoms with Gasteiger partial charge in [-0.3, -0.25) is 4.57 Å². The summed E-state index contributed by atoms with van der Waals surface area (Å²) in [5.41, 5.74) is 7.05. The van der Waals surface area contributed by atoms with Crippen molar-refractivity contribution in [1.29, 1.82) is 0 Å². The van der Waals surface area contributed by atoms with Gasteiger partial charge in [0.05, 0.1) is 11.0 Å². The van der Waals surface area contributed by atoms with E-state index in [0.29, 0.717) is 17.5 Å². The molecule has 0 saturated carbocycles. The lowest BCUT2D eigenvalue weighted by molar-refractivity contribution is 1.08. The van der Waals surface area contributed by atoms with Gasteiger partial charge in [0, 0.05) is 48.1 Å². The largest absolute Gasteiger partial charge is 0.292 e. The van der Waals surface area contributed by atoms with Crippen LogP contribution < -0.4 is 0 Å². The van der Waals surface area contributed by atoms with Gasteiger partial charge >= 0.3 is 0 Å². The lowest BCUT2D eigenvalue weighted by Crippen LogP contribution is -2.00. The van der Waals surface area contributed by atoms with Gasteiger partial charge in [0.2, 0.25) is 0 Å². The Bertz CT molecular complexity index is 3540. The van der Waals surface area contributed by atoms with Gasteiger partial charge in [0.25, 0.3) is 0 Å². The molecule has 0 radical (unpaired) electrons. The molecule has 0 atom stereocenters. The van der Waals surface area contributed by atoms with Gasteiger partial charge in [0.15, 0.2) is 17.5 Å². The van der Waals surface area contributed by atoms with Crippen LogP contribution in [-0.4, -0.2) is 24.5 Å². The highest BCUT2D eigenvalue weighted by molar-refractivity contribution is 7.26. The summed E-state index contributed by atoms with van der Waals surface area (Å²) in [6.07, 6.45) is 0. The van der Waals surface area contributed by atoms with E-state index in [1.165, 1.54) is 41.7 Å². The van der Waals surface area contributed by atoms with Crippen LogP contribution >= 0.6 is 11.3 Å². The fraction of sp³-hybridized carbons (Fsp3) is 0. The molecule has 5 nitrogen and oxygen atoms in total. The van der Waals surface area contributed by atoms with E-state index >= 15 is 0 Å². The second kappa shape index (κ2) is 13.0. The van der Waals surface area contributed by atoms with Gasteiger partial charge in [-0.05, 0) is 74.8 Å². The van der Waals surface area contributed by atoms with Gasteiger partial charge in [0.1, 0.15) is 5.82 Å². The first kappa shape index (κ1) is 32.7. The van der Waals surface area contributed by atoms with Crippen molar-refractivity contribution in [3.8, 4) is 51.2 Å². The maximum atomic E-state index is 5.29. The fourth-order valence-electron chi connectivity index (χ4n) is 8.60. The minimum absolute atomic E-state index is 0.640. The molecule has 9 aromatic carbocycles. The van der Waals surface area contributed by atoms with Gasteiger partial charge < -0.3 is 0 Å². The lowest BCUT2D eigenvalue weighted by Gasteiger charge is -2.13. The molecule has 0 unspecified atom stereocenters. The predicted molar refractivity (Wildman–Crippen MR) is 242 cm³/mol. The number of benzene rings is 9. The van der Waals surface area contributed by atoms with E-state index in [-0.39, 0.29) is 0 Å². The van der Waals surface area contributed by atoms with Crippen molar-refractivity contribution in [2.45, 2.75) is 0 Å². The van der Waals surface area contributed by atoms with Crippen LogP contribution in [0.5, 0.6) is 0 Å². The van der Waals surface area contributed by atoms with Gasteiger partial charge in [-0.15, -0.1) is 11.3 Å². The molecule has 12 rings (SSSR count). The fourth-order valence-corrected chi connectivity index (χ4v) is 9.77. The Kier molecular flexibility index (Phi) is 7.33. The van der Waals surface area contributed by atoms with E-state index in [1.807, 2.05) is 30.3 Å². The molecule has 3 heterocycles. The Labute approximate surface area is 337 Å². The Hall–Kier alpha value is -7.54. The van der Waals surface area contributed by atoms with Crippen molar-refractivity contribution in [1.82, 2.24) is 24.5 Å². The molecule has 0 bridgehead atoms. The number of imidazole rings is 1. The molecule has 3 aromatic heterocycles. The quantitative estimate of drug-likeness (QED) is 0.164. The van der Waals surface area contributed by atoms with Gasteiger partial charge in [-0.2, -0.15) is 0 Å². The van der Waals surface area contributed by atoms with Crippen LogP contribution in [0.4, 0.5) is 0 Å². The van der Waals surface area contributed by atoms with Crippen LogP contribution in [0.15, 0.2) is 188 Å². The summed E-state index contributed by atoms with van der Waals surface area (Å²) < 4.78 is 4.61. The SMILES string of the molecule is c1ccc(-c2nc(-c3ccc4c5ccccc5c5ccccc5c4c3)nc(-c3cccc4sc5cc(-c6nc7ccccc7n6-c6ccccc6)ccc5c34)n2)cc1. The second-order valence-corrected chi connectivity index (χ2v) is 15.7. The number of aromatic nitrogens is 5. The molecular weight excluding hydrogens is 727 g/mol. The van der Waals surface area contributed by atoms with E-state index in [2.05, 4.69) is 162 Å². The molecule has 270 valence electrons. The molecule has 58 heavy (non-hydrogen) atoms. The highest BCUT2D eigenvalue weighted by atomic mass is 32.1. The number of nitrogens with zero attached hydrogens (tertiary/aromatic N) is 5. The standard InChI is InChI=1S/C52H31N5S/c1-3-14-32(15-4-1)49-54-50(33-26-28-40-38-20-8-7-18-36(38)37-19-9-10-21-39(37)43(40)30-33)56-51(55-49)42-22-13-25-46-48(42)41-29-27-34(31-47(41)58-46)52-53-44-23-11-12-24-45(44)57(52)35-16-5-2-6-17-35/h1-31H. The molecular formula is C52H31N5S. The zero-order valence-electron chi connectivity index (χ0n) is 31.0. The molecule has 0 aliphatic rings. The predicted octanol–water partition coefficient (Wildman–Crippen LogP) is 13.7. The number of rotatable bonds is 5. The number of para-hydroxylation sites is 3. The number of hydrogen-bond acceptors (Lipinski definition) is 5. The van der Waals surface area contributed by atoms with Crippen LogP contribution in [0.25, 0.3) is 115 Å². The zero-order valence-corrected chi connectivity index (χ0v) is 31.9. The van der Waals surface area contributed by atoms with Crippen LogP contribution in [0.2, 0.25) is 0 Å². The topological polar surface area (TPSA) is 56.5 Å². The maximum Gasteiger partial charge on any atom is 0.164 e.